The molecule has 124 valence electrons. The smallest absolute Gasteiger partial charge is 0.272 e. The van der Waals surface area contributed by atoms with E-state index in [1.165, 1.54) is 0 Å². The monoisotopic (exact) mass is 343 g/mol. The lowest BCUT2D eigenvalue weighted by Crippen LogP contribution is -2.46. The largest absolute Gasteiger partial charge is 0.349 e. The molecule has 0 aliphatic carbocycles. The zero-order valence-electron chi connectivity index (χ0n) is 13.1. The van der Waals surface area contributed by atoms with Crippen LogP contribution in [0.3, 0.4) is 0 Å². The van der Waals surface area contributed by atoms with Gasteiger partial charge >= 0.3 is 0 Å². The first-order valence-electron chi connectivity index (χ1n) is 7.91. The van der Waals surface area contributed by atoms with Gasteiger partial charge in [0, 0.05) is 25.3 Å². The van der Waals surface area contributed by atoms with E-state index in [2.05, 4.69) is 10.3 Å². The molecule has 2 aromatic rings. The number of nitrogens with one attached hydrogen (secondary N) is 1. The Morgan fingerprint density at radius 3 is 2.46 bits per heavy atom. The van der Waals surface area contributed by atoms with Gasteiger partial charge < -0.3 is 10.2 Å². The zero-order valence-corrected chi connectivity index (χ0v) is 13.9. The molecule has 1 saturated heterocycles. The van der Waals surface area contributed by atoms with E-state index in [1.807, 2.05) is 0 Å². The van der Waals surface area contributed by atoms with E-state index >= 15 is 0 Å². The number of likely N-dealkylation sites (tertiary alicyclic amines) is 1. The van der Waals surface area contributed by atoms with Gasteiger partial charge in [-0.1, -0.05) is 29.8 Å². The summed E-state index contributed by atoms with van der Waals surface area (Å²) in [6.45, 7) is 1.20. The van der Waals surface area contributed by atoms with E-state index in [1.54, 1.807) is 53.6 Å². The summed E-state index contributed by atoms with van der Waals surface area (Å²) < 4.78 is 0. The summed E-state index contributed by atoms with van der Waals surface area (Å²) in [5, 5.41) is 3.44. The van der Waals surface area contributed by atoms with Gasteiger partial charge in [-0.3, -0.25) is 14.6 Å². The molecule has 1 N–H and O–H groups in total. The molecule has 0 atom stereocenters. The van der Waals surface area contributed by atoms with Gasteiger partial charge in [0.1, 0.15) is 5.69 Å². The first-order chi connectivity index (χ1) is 11.6. The molecule has 0 saturated carbocycles. The Kier molecular flexibility index (Phi) is 5.11. The molecule has 2 heterocycles. The number of nitrogens with zero attached hydrogens (tertiary/aromatic N) is 2. The molecule has 0 radical (unpaired) electrons. The number of carbonyl (C=O) groups excluding carboxylic acids is 2. The molecule has 0 bridgehead atoms. The molecule has 5 nitrogen and oxygen atoms in total. The predicted octanol–water partition coefficient (Wildman–Crippen LogP) is 2.77. The molecule has 1 aromatic carbocycles. The SMILES string of the molecule is O=C(NC1CCN(C(=O)c2ccccn2)CC1)c1ccccc1Cl. The second kappa shape index (κ2) is 7.45. The Morgan fingerprint density at radius 2 is 1.79 bits per heavy atom. The lowest BCUT2D eigenvalue weighted by atomic mass is 10.0. The molecule has 6 heteroatoms. The minimum atomic E-state index is -0.171. The highest BCUT2D eigenvalue weighted by Crippen LogP contribution is 2.17. The number of piperidine rings is 1. The van der Waals surface area contributed by atoms with Gasteiger partial charge in [-0.05, 0) is 37.1 Å². The molecule has 1 aliphatic heterocycles. The van der Waals surface area contributed by atoms with Crippen molar-refractivity contribution in [3.05, 3.63) is 64.9 Å². The minimum Gasteiger partial charge on any atom is -0.349 e. The molecular weight excluding hydrogens is 326 g/mol. The Bertz CT molecular complexity index is 728. The second-order valence-electron chi connectivity index (χ2n) is 5.73. The molecule has 1 aliphatic rings. The van der Waals surface area contributed by atoms with E-state index in [0.717, 1.165) is 12.8 Å². The zero-order chi connectivity index (χ0) is 16.9. The van der Waals surface area contributed by atoms with Crippen molar-refractivity contribution >= 4 is 23.4 Å². The minimum absolute atomic E-state index is 0.0431. The fourth-order valence-corrected chi connectivity index (χ4v) is 3.01. The third-order valence-electron chi connectivity index (χ3n) is 4.12. The summed E-state index contributed by atoms with van der Waals surface area (Å²) in [6.07, 6.45) is 3.05. The molecular formula is C18H18ClN3O2. The van der Waals surface area contributed by atoms with Gasteiger partial charge in [-0.25, -0.2) is 0 Å². The summed E-state index contributed by atoms with van der Waals surface area (Å²) in [7, 11) is 0. The van der Waals surface area contributed by atoms with Crippen LogP contribution in [0.15, 0.2) is 48.7 Å². The van der Waals surface area contributed by atoms with Crippen molar-refractivity contribution in [1.82, 2.24) is 15.2 Å². The fraction of sp³-hybridized carbons (Fsp3) is 0.278. The van der Waals surface area contributed by atoms with Gasteiger partial charge in [-0.15, -0.1) is 0 Å². The van der Waals surface area contributed by atoms with Gasteiger partial charge in [0.2, 0.25) is 0 Å². The van der Waals surface area contributed by atoms with E-state index in [-0.39, 0.29) is 17.9 Å². The standard InChI is InChI=1S/C18H18ClN3O2/c19-15-6-2-1-5-14(15)17(23)21-13-8-11-22(12-9-13)18(24)16-7-3-4-10-20-16/h1-7,10,13H,8-9,11-12H2,(H,21,23). The normalized spacial score (nSPS) is 15.1. The number of benzene rings is 1. The molecule has 0 unspecified atom stereocenters. The van der Waals surface area contributed by atoms with Crippen LogP contribution in [-0.2, 0) is 0 Å². The van der Waals surface area contributed by atoms with Crippen molar-refractivity contribution in [2.45, 2.75) is 18.9 Å². The van der Waals surface area contributed by atoms with Gasteiger partial charge in [0.15, 0.2) is 0 Å². The van der Waals surface area contributed by atoms with Gasteiger partial charge in [0.25, 0.3) is 11.8 Å². The third-order valence-corrected chi connectivity index (χ3v) is 4.45. The quantitative estimate of drug-likeness (QED) is 0.932. The summed E-state index contributed by atoms with van der Waals surface area (Å²) in [5.74, 6) is -0.235. The topological polar surface area (TPSA) is 62.3 Å². The van der Waals surface area contributed by atoms with Crippen LogP contribution in [0.1, 0.15) is 33.7 Å². The number of aromatic nitrogens is 1. The van der Waals surface area contributed by atoms with Crippen LogP contribution in [0, 0.1) is 0 Å². The van der Waals surface area contributed by atoms with Crippen LogP contribution in [0.4, 0.5) is 0 Å². The van der Waals surface area contributed by atoms with E-state index in [4.69, 9.17) is 11.6 Å². The van der Waals surface area contributed by atoms with Crippen molar-refractivity contribution < 1.29 is 9.59 Å². The number of halogens is 1. The third kappa shape index (κ3) is 3.74. The Balaban J connectivity index is 1.55. The van der Waals surface area contributed by atoms with Gasteiger partial charge in [-0.2, -0.15) is 0 Å². The van der Waals surface area contributed by atoms with Crippen molar-refractivity contribution in [3.63, 3.8) is 0 Å². The summed E-state index contributed by atoms with van der Waals surface area (Å²) >= 11 is 6.05. The molecule has 24 heavy (non-hydrogen) atoms. The lowest BCUT2D eigenvalue weighted by molar-refractivity contribution is 0.0692. The number of hydrogen-bond donors (Lipinski definition) is 1. The van der Waals surface area contributed by atoms with E-state index < -0.39 is 0 Å². The summed E-state index contributed by atoms with van der Waals surface area (Å²) in [6, 6.07) is 12.3. The Hall–Kier alpha value is -2.40. The van der Waals surface area contributed by atoms with Crippen molar-refractivity contribution in [3.8, 4) is 0 Å². The maximum atomic E-state index is 12.4. The van der Waals surface area contributed by atoms with Crippen LogP contribution < -0.4 is 5.32 Å². The van der Waals surface area contributed by atoms with E-state index in [0.29, 0.717) is 29.4 Å². The van der Waals surface area contributed by atoms with Crippen LogP contribution in [0.25, 0.3) is 0 Å². The fourth-order valence-electron chi connectivity index (χ4n) is 2.79. The van der Waals surface area contributed by atoms with E-state index in [9.17, 15) is 9.59 Å². The number of hydrogen-bond acceptors (Lipinski definition) is 3. The first-order valence-corrected chi connectivity index (χ1v) is 8.28. The van der Waals surface area contributed by atoms with Crippen molar-refractivity contribution in [1.29, 1.82) is 0 Å². The number of amides is 2. The highest BCUT2D eigenvalue weighted by molar-refractivity contribution is 6.33. The highest BCUT2D eigenvalue weighted by Gasteiger charge is 2.25. The molecule has 1 aromatic heterocycles. The van der Waals surface area contributed by atoms with Crippen LogP contribution in [0.5, 0.6) is 0 Å². The number of carbonyl (C=O) groups is 2. The summed E-state index contributed by atoms with van der Waals surface area (Å²) in [5.41, 5.74) is 0.933. The lowest BCUT2D eigenvalue weighted by Gasteiger charge is -2.32. The Labute approximate surface area is 145 Å². The number of pyridine rings is 1. The maximum absolute atomic E-state index is 12.4. The van der Waals surface area contributed by atoms with Crippen molar-refractivity contribution in [2.24, 2.45) is 0 Å². The number of rotatable bonds is 3. The Morgan fingerprint density at radius 1 is 1.08 bits per heavy atom. The molecule has 0 spiro atoms. The van der Waals surface area contributed by atoms with Crippen LogP contribution >= 0.6 is 11.6 Å². The molecule has 1 fully saturated rings. The van der Waals surface area contributed by atoms with Crippen LogP contribution in [-0.4, -0.2) is 40.8 Å². The van der Waals surface area contributed by atoms with Crippen LogP contribution in [0.2, 0.25) is 5.02 Å². The predicted molar refractivity (Wildman–Crippen MR) is 92.1 cm³/mol. The molecule has 2 amide bonds. The first kappa shape index (κ1) is 16.5. The second-order valence-corrected chi connectivity index (χ2v) is 6.14. The van der Waals surface area contributed by atoms with Gasteiger partial charge in [0.05, 0.1) is 10.6 Å². The molecule has 3 rings (SSSR count). The summed E-state index contributed by atoms with van der Waals surface area (Å²) in [4.78, 5) is 30.5. The maximum Gasteiger partial charge on any atom is 0.272 e. The van der Waals surface area contributed by atoms with Crippen molar-refractivity contribution in [2.75, 3.05) is 13.1 Å². The average molecular weight is 344 g/mol. The average Bonchev–Trinajstić information content (AvgIpc) is 2.63. The highest BCUT2D eigenvalue weighted by atomic mass is 35.5.